The minimum absolute atomic E-state index is 0.0350. The molecule has 0 aromatic heterocycles. The van der Waals surface area contributed by atoms with E-state index < -0.39 is 47.6 Å². The van der Waals surface area contributed by atoms with Crippen molar-refractivity contribution in [3.63, 3.8) is 0 Å². The van der Waals surface area contributed by atoms with Crippen LogP contribution in [0, 0.1) is 11.8 Å². The molecule has 1 unspecified atom stereocenters. The normalized spacial score (nSPS) is 18.4. The number of nitrogens with zero attached hydrogens (tertiary/aromatic N) is 2. The molecule has 1 aromatic rings. The summed E-state index contributed by atoms with van der Waals surface area (Å²) in [5.74, 6) is -4.09. The first-order valence-corrected chi connectivity index (χ1v) is 14.6. The summed E-state index contributed by atoms with van der Waals surface area (Å²) in [6.07, 6.45) is 0.951. The number of morpholine rings is 1. The van der Waals surface area contributed by atoms with Crippen LogP contribution in [0.25, 0.3) is 0 Å². The number of esters is 1. The second kappa shape index (κ2) is 14.9. The Kier molecular flexibility index (Phi) is 11.6. The molecule has 2 heterocycles. The zero-order chi connectivity index (χ0) is 31.0. The van der Waals surface area contributed by atoms with Gasteiger partial charge in [0.05, 0.1) is 19.8 Å². The summed E-state index contributed by atoms with van der Waals surface area (Å²) in [5, 5.41) is 5.44. The molecule has 0 spiro atoms. The molecule has 2 aliphatic rings. The van der Waals surface area contributed by atoms with Gasteiger partial charge >= 0.3 is 5.97 Å². The number of likely N-dealkylation sites (tertiary alicyclic amines) is 1. The summed E-state index contributed by atoms with van der Waals surface area (Å²) >= 11 is 0. The summed E-state index contributed by atoms with van der Waals surface area (Å²) in [7, 11) is 0. The Bertz CT molecular complexity index is 1160. The number of carbonyl (C=O) groups is 6. The third-order valence-corrected chi connectivity index (χ3v) is 7.47. The highest BCUT2D eigenvalue weighted by molar-refractivity contribution is 6.36. The Balaban J connectivity index is 1.68. The third kappa shape index (κ3) is 7.93. The van der Waals surface area contributed by atoms with Gasteiger partial charge in [-0.15, -0.1) is 0 Å². The Labute approximate surface area is 246 Å². The molecule has 2 N–H and O–H groups in total. The van der Waals surface area contributed by atoms with Crippen molar-refractivity contribution in [3.8, 4) is 0 Å². The second-order valence-electron chi connectivity index (χ2n) is 11.2. The van der Waals surface area contributed by atoms with Crippen LogP contribution in [0.3, 0.4) is 0 Å². The van der Waals surface area contributed by atoms with Crippen molar-refractivity contribution in [2.45, 2.75) is 65.6 Å². The van der Waals surface area contributed by atoms with Crippen LogP contribution in [0.5, 0.6) is 0 Å². The van der Waals surface area contributed by atoms with E-state index in [1.807, 2.05) is 0 Å². The van der Waals surface area contributed by atoms with Crippen molar-refractivity contribution >= 4 is 35.4 Å². The topological polar surface area (TPSA) is 151 Å². The van der Waals surface area contributed by atoms with E-state index in [0.717, 1.165) is 0 Å². The van der Waals surface area contributed by atoms with Gasteiger partial charge in [0, 0.05) is 30.8 Å². The number of benzene rings is 1. The van der Waals surface area contributed by atoms with E-state index >= 15 is 0 Å². The zero-order valence-corrected chi connectivity index (χ0v) is 25.0. The van der Waals surface area contributed by atoms with Gasteiger partial charge in [-0.2, -0.15) is 0 Å². The van der Waals surface area contributed by atoms with Crippen LogP contribution in [0.4, 0.5) is 0 Å². The first-order valence-electron chi connectivity index (χ1n) is 14.6. The van der Waals surface area contributed by atoms with Crippen molar-refractivity contribution in [2.75, 3.05) is 39.5 Å². The van der Waals surface area contributed by atoms with Gasteiger partial charge in [0.1, 0.15) is 18.1 Å². The minimum Gasteiger partial charge on any atom is -0.460 e. The van der Waals surface area contributed by atoms with E-state index in [4.69, 9.17) is 9.47 Å². The van der Waals surface area contributed by atoms with E-state index in [2.05, 4.69) is 10.6 Å². The predicted molar refractivity (Wildman–Crippen MR) is 152 cm³/mol. The molecule has 3 rings (SSSR count). The van der Waals surface area contributed by atoms with Crippen molar-refractivity contribution < 1.29 is 38.2 Å². The third-order valence-electron chi connectivity index (χ3n) is 7.47. The number of carbonyl (C=O) groups excluding carboxylic acids is 6. The SMILES string of the molecule is CCOC(=O)C(=O)C(NC(=O)[C@@H]1CCCN1C(=O)[C@@H](NC(=O)c1ccc(C(=O)N2CCOCC2)cc1)C(C)C)C(C)C. The Morgan fingerprint density at radius 1 is 0.881 bits per heavy atom. The van der Waals surface area contributed by atoms with Gasteiger partial charge in [-0.3, -0.25) is 24.0 Å². The summed E-state index contributed by atoms with van der Waals surface area (Å²) in [6.45, 7) is 10.9. The lowest BCUT2D eigenvalue weighted by molar-refractivity contribution is -0.155. The number of Topliss-reactive ketones (excluding diaryl/α,β-unsaturated/α-hetero) is 1. The van der Waals surface area contributed by atoms with Crippen LogP contribution in [0.2, 0.25) is 0 Å². The van der Waals surface area contributed by atoms with Crippen LogP contribution in [-0.4, -0.2) is 103 Å². The monoisotopic (exact) mass is 586 g/mol. The Hall–Kier alpha value is -3.80. The molecule has 0 aliphatic carbocycles. The molecule has 0 saturated carbocycles. The Morgan fingerprint density at radius 3 is 2.05 bits per heavy atom. The molecule has 1 aromatic carbocycles. The van der Waals surface area contributed by atoms with Crippen LogP contribution < -0.4 is 10.6 Å². The maximum Gasteiger partial charge on any atom is 0.376 e. The molecule has 3 atom stereocenters. The molecular weight excluding hydrogens is 544 g/mol. The molecule has 2 aliphatic heterocycles. The van der Waals surface area contributed by atoms with Gasteiger partial charge in [0.25, 0.3) is 17.6 Å². The van der Waals surface area contributed by atoms with Crippen molar-refractivity contribution in [1.29, 1.82) is 0 Å². The smallest absolute Gasteiger partial charge is 0.376 e. The van der Waals surface area contributed by atoms with Crippen LogP contribution in [0.1, 0.15) is 68.2 Å². The average Bonchev–Trinajstić information content (AvgIpc) is 3.48. The summed E-state index contributed by atoms with van der Waals surface area (Å²) in [4.78, 5) is 80.5. The zero-order valence-electron chi connectivity index (χ0n) is 25.0. The van der Waals surface area contributed by atoms with Gasteiger partial charge in [0.15, 0.2) is 0 Å². The molecule has 4 amide bonds. The molecule has 2 saturated heterocycles. The fraction of sp³-hybridized carbons (Fsp3) is 0.600. The van der Waals surface area contributed by atoms with Crippen molar-refractivity contribution in [3.05, 3.63) is 35.4 Å². The summed E-state index contributed by atoms with van der Waals surface area (Å²) in [5.41, 5.74) is 0.747. The molecule has 0 bridgehead atoms. The van der Waals surface area contributed by atoms with Gasteiger partial charge in [-0.05, 0) is 55.9 Å². The highest BCUT2D eigenvalue weighted by Gasteiger charge is 2.41. The van der Waals surface area contributed by atoms with E-state index in [0.29, 0.717) is 56.8 Å². The number of ether oxygens (including phenoxy) is 2. The lowest BCUT2D eigenvalue weighted by Gasteiger charge is -2.31. The van der Waals surface area contributed by atoms with E-state index in [1.165, 1.54) is 4.90 Å². The largest absolute Gasteiger partial charge is 0.460 e. The highest BCUT2D eigenvalue weighted by atomic mass is 16.5. The average molecular weight is 587 g/mol. The number of hydrogen-bond donors (Lipinski definition) is 2. The number of rotatable bonds is 11. The van der Waals surface area contributed by atoms with E-state index in [9.17, 15) is 28.8 Å². The number of ketones is 1. The van der Waals surface area contributed by atoms with E-state index in [1.54, 1.807) is 63.8 Å². The predicted octanol–water partition coefficient (Wildman–Crippen LogP) is 1.18. The summed E-state index contributed by atoms with van der Waals surface area (Å²) < 4.78 is 10.1. The lowest BCUT2D eigenvalue weighted by atomic mass is 9.98. The minimum atomic E-state index is -1.09. The highest BCUT2D eigenvalue weighted by Crippen LogP contribution is 2.22. The fourth-order valence-corrected chi connectivity index (χ4v) is 5.05. The van der Waals surface area contributed by atoms with E-state index in [-0.39, 0.29) is 24.3 Å². The number of amides is 4. The van der Waals surface area contributed by atoms with Gasteiger partial charge < -0.3 is 29.9 Å². The Morgan fingerprint density at radius 2 is 1.48 bits per heavy atom. The molecule has 42 heavy (non-hydrogen) atoms. The van der Waals surface area contributed by atoms with Crippen LogP contribution in [0.15, 0.2) is 24.3 Å². The maximum absolute atomic E-state index is 13.7. The maximum atomic E-state index is 13.7. The van der Waals surface area contributed by atoms with Crippen LogP contribution >= 0.6 is 0 Å². The first-order chi connectivity index (χ1) is 20.0. The number of hydrogen-bond acceptors (Lipinski definition) is 8. The molecular formula is C30H42N4O8. The fourth-order valence-electron chi connectivity index (χ4n) is 5.05. The molecule has 230 valence electrons. The van der Waals surface area contributed by atoms with Gasteiger partial charge in [-0.1, -0.05) is 27.7 Å². The van der Waals surface area contributed by atoms with Gasteiger partial charge in [0.2, 0.25) is 11.8 Å². The number of nitrogens with one attached hydrogen (secondary N) is 2. The van der Waals surface area contributed by atoms with Crippen LogP contribution in [-0.2, 0) is 28.7 Å². The molecule has 0 radical (unpaired) electrons. The van der Waals surface area contributed by atoms with Gasteiger partial charge in [-0.25, -0.2) is 4.79 Å². The standard InChI is InChI=1S/C30H42N4O8/c1-6-42-30(40)25(35)23(18(2)3)31-27(37)22-8-7-13-34(22)29(39)24(19(4)5)32-26(36)20-9-11-21(12-10-20)28(38)33-14-16-41-17-15-33/h9-12,18-19,22-24H,6-8,13-17H2,1-5H3,(H,31,37)(H,32,36)/t22-,23?,24-/m0/s1. The second-order valence-corrected chi connectivity index (χ2v) is 11.2. The first kappa shape index (κ1) is 32.7. The molecule has 12 nitrogen and oxygen atoms in total. The summed E-state index contributed by atoms with van der Waals surface area (Å²) in [6, 6.07) is 3.41. The van der Waals surface area contributed by atoms with Crippen molar-refractivity contribution in [1.82, 2.24) is 20.4 Å². The lowest BCUT2D eigenvalue weighted by Crippen LogP contribution is -2.57. The van der Waals surface area contributed by atoms with Crippen molar-refractivity contribution in [2.24, 2.45) is 11.8 Å². The molecule has 12 heteroatoms. The quantitative estimate of drug-likeness (QED) is 0.290. The molecule has 2 fully saturated rings.